The lowest BCUT2D eigenvalue weighted by molar-refractivity contribution is 0.0163. The van der Waals surface area contributed by atoms with E-state index in [2.05, 4.69) is 4.72 Å². The zero-order valence-electron chi connectivity index (χ0n) is 23.4. The van der Waals surface area contributed by atoms with E-state index in [0.717, 1.165) is 16.5 Å². The van der Waals surface area contributed by atoms with Crippen LogP contribution in [0.5, 0.6) is 0 Å². The lowest BCUT2D eigenvalue weighted by Crippen LogP contribution is -2.48. The van der Waals surface area contributed by atoms with Crippen LogP contribution in [0.15, 0.2) is 71.6 Å². The summed E-state index contributed by atoms with van der Waals surface area (Å²) >= 11 is 0. The van der Waals surface area contributed by atoms with E-state index in [1.807, 2.05) is 88.4 Å². The van der Waals surface area contributed by atoms with E-state index in [4.69, 9.17) is 9.47 Å². The second kappa shape index (κ2) is 12.5. The second-order valence-corrected chi connectivity index (χ2v) is 13.0. The van der Waals surface area contributed by atoms with Crippen molar-refractivity contribution in [1.82, 2.24) is 9.62 Å². The van der Waals surface area contributed by atoms with Gasteiger partial charge < -0.3 is 14.4 Å². The SMILES string of the molecule is Cc1ccc(S(=O)(=O)NC(CCOCc2ccccc2)C2CCN(C(=O)OC(C)(C)C)CC2)c2ccccc12. The first-order valence-electron chi connectivity index (χ1n) is 13.6. The summed E-state index contributed by atoms with van der Waals surface area (Å²) in [5.74, 6) is 0.0653. The number of nitrogens with zero attached hydrogens (tertiary/aromatic N) is 1. The first-order valence-corrected chi connectivity index (χ1v) is 15.1. The van der Waals surface area contributed by atoms with Crippen molar-refractivity contribution in [3.05, 3.63) is 77.9 Å². The molecule has 1 aliphatic rings. The summed E-state index contributed by atoms with van der Waals surface area (Å²) in [4.78, 5) is 14.6. The molecule has 7 nitrogen and oxygen atoms in total. The van der Waals surface area contributed by atoms with E-state index in [-0.39, 0.29) is 22.9 Å². The van der Waals surface area contributed by atoms with Crippen molar-refractivity contribution in [2.24, 2.45) is 5.92 Å². The first-order chi connectivity index (χ1) is 18.5. The van der Waals surface area contributed by atoms with Crippen LogP contribution in [0.2, 0.25) is 0 Å². The number of aryl methyl sites for hydroxylation is 1. The molecule has 0 radical (unpaired) electrons. The van der Waals surface area contributed by atoms with Gasteiger partial charge in [-0.2, -0.15) is 0 Å². The van der Waals surface area contributed by atoms with Gasteiger partial charge in [0.1, 0.15) is 5.60 Å². The number of hydrogen-bond donors (Lipinski definition) is 1. The molecule has 0 saturated carbocycles. The molecule has 1 N–H and O–H groups in total. The smallest absolute Gasteiger partial charge is 0.410 e. The number of rotatable bonds is 9. The van der Waals surface area contributed by atoms with E-state index in [1.165, 1.54) is 0 Å². The van der Waals surface area contributed by atoms with Crippen LogP contribution in [-0.2, 0) is 26.1 Å². The Labute approximate surface area is 232 Å². The highest BCUT2D eigenvalue weighted by atomic mass is 32.2. The number of carbonyl (C=O) groups is 1. The van der Waals surface area contributed by atoms with Crippen molar-refractivity contribution >= 4 is 26.9 Å². The predicted octanol–water partition coefficient (Wildman–Crippen LogP) is 6.05. The van der Waals surface area contributed by atoms with Crippen molar-refractivity contribution < 1.29 is 22.7 Å². The lowest BCUT2D eigenvalue weighted by Gasteiger charge is -2.37. The molecular formula is C31H40N2O5S. The number of piperidine rings is 1. The molecule has 1 atom stereocenters. The topological polar surface area (TPSA) is 84.9 Å². The molecule has 0 aromatic heterocycles. The van der Waals surface area contributed by atoms with Gasteiger partial charge in [-0.1, -0.05) is 60.7 Å². The number of benzene rings is 3. The normalized spacial score (nSPS) is 15.8. The van der Waals surface area contributed by atoms with Crippen molar-refractivity contribution in [3.63, 3.8) is 0 Å². The van der Waals surface area contributed by atoms with Crippen LogP contribution >= 0.6 is 0 Å². The number of ether oxygens (including phenoxy) is 2. The van der Waals surface area contributed by atoms with Crippen LogP contribution in [0.3, 0.4) is 0 Å². The number of carbonyl (C=O) groups excluding carboxylic acids is 1. The van der Waals surface area contributed by atoms with E-state index < -0.39 is 15.6 Å². The number of nitrogens with one attached hydrogen (secondary N) is 1. The van der Waals surface area contributed by atoms with Crippen molar-refractivity contribution in [2.75, 3.05) is 19.7 Å². The van der Waals surface area contributed by atoms with Crippen LogP contribution in [0.4, 0.5) is 4.79 Å². The van der Waals surface area contributed by atoms with Crippen LogP contribution in [0.25, 0.3) is 10.8 Å². The predicted molar refractivity (Wildman–Crippen MR) is 154 cm³/mol. The van der Waals surface area contributed by atoms with Crippen LogP contribution in [0.1, 0.15) is 51.2 Å². The Balaban J connectivity index is 1.49. The molecule has 1 aliphatic heterocycles. The molecular weight excluding hydrogens is 512 g/mol. The first kappa shape index (κ1) is 29.1. The van der Waals surface area contributed by atoms with E-state index >= 15 is 0 Å². The molecule has 1 unspecified atom stereocenters. The minimum Gasteiger partial charge on any atom is -0.444 e. The fourth-order valence-corrected chi connectivity index (χ4v) is 6.65. The number of hydrogen-bond acceptors (Lipinski definition) is 5. The second-order valence-electron chi connectivity index (χ2n) is 11.3. The average Bonchev–Trinajstić information content (AvgIpc) is 2.90. The van der Waals surface area contributed by atoms with Gasteiger partial charge in [0, 0.05) is 31.1 Å². The molecule has 1 fully saturated rings. The van der Waals surface area contributed by atoms with Crippen molar-refractivity contribution in [1.29, 1.82) is 0 Å². The Morgan fingerprint density at radius 2 is 1.62 bits per heavy atom. The Morgan fingerprint density at radius 3 is 2.28 bits per heavy atom. The Bertz CT molecular complexity index is 1360. The maximum absolute atomic E-state index is 13.8. The van der Waals surface area contributed by atoms with E-state index in [9.17, 15) is 13.2 Å². The van der Waals surface area contributed by atoms with E-state index in [0.29, 0.717) is 51.0 Å². The monoisotopic (exact) mass is 552 g/mol. The summed E-state index contributed by atoms with van der Waals surface area (Å²) in [6.07, 6.45) is 1.57. The summed E-state index contributed by atoms with van der Waals surface area (Å²) in [6.45, 7) is 9.48. The number of sulfonamides is 1. The molecule has 3 aromatic carbocycles. The zero-order valence-corrected chi connectivity index (χ0v) is 24.2. The third-order valence-electron chi connectivity index (χ3n) is 7.14. The maximum atomic E-state index is 13.8. The molecule has 0 spiro atoms. The molecule has 1 heterocycles. The molecule has 1 saturated heterocycles. The number of amides is 1. The van der Waals surface area contributed by atoms with Gasteiger partial charge in [-0.05, 0) is 75.5 Å². The standard InChI is InChI=1S/C31H40N2O5S/c1-23-14-15-29(27-13-9-8-12-26(23)27)39(35,36)32-28(18-21-37-22-24-10-6-5-7-11-24)25-16-19-33(20-17-25)30(34)38-31(2,3)4/h5-15,25,28,32H,16-22H2,1-4H3. The molecule has 4 rings (SSSR count). The van der Waals surface area contributed by atoms with E-state index in [1.54, 1.807) is 11.0 Å². The fraction of sp³-hybridized carbons (Fsp3) is 0.452. The van der Waals surface area contributed by atoms with Gasteiger partial charge in [0.05, 0.1) is 11.5 Å². The minimum atomic E-state index is -3.81. The van der Waals surface area contributed by atoms with Gasteiger partial charge in [-0.25, -0.2) is 17.9 Å². The molecule has 8 heteroatoms. The maximum Gasteiger partial charge on any atom is 0.410 e. The van der Waals surface area contributed by atoms with Gasteiger partial charge in [0.2, 0.25) is 10.0 Å². The molecule has 39 heavy (non-hydrogen) atoms. The minimum absolute atomic E-state index is 0.0653. The third-order valence-corrected chi connectivity index (χ3v) is 8.69. The fourth-order valence-electron chi connectivity index (χ4n) is 5.10. The van der Waals surface area contributed by atoms with Gasteiger partial charge in [-0.3, -0.25) is 0 Å². The summed E-state index contributed by atoms with van der Waals surface area (Å²) in [7, 11) is -3.81. The van der Waals surface area contributed by atoms with Gasteiger partial charge >= 0.3 is 6.09 Å². The molecule has 3 aromatic rings. The van der Waals surface area contributed by atoms with Crippen LogP contribution < -0.4 is 4.72 Å². The third kappa shape index (κ3) is 7.81. The summed E-state index contributed by atoms with van der Waals surface area (Å²) < 4.78 is 42.0. The quantitative estimate of drug-likeness (QED) is 0.327. The van der Waals surface area contributed by atoms with Crippen molar-refractivity contribution in [2.45, 2.75) is 70.1 Å². The van der Waals surface area contributed by atoms with Gasteiger partial charge in [-0.15, -0.1) is 0 Å². The molecule has 210 valence electrons. The number of likely N-dealkylation sites (tertiary alicyclic amines) is 1. The summed E-state index contributed by atoms with van der Waals surface area (Å²) in [5.41, 5.74) is 1.55. The van der Waals surface area contributed by atoms with Gasteiger partial charge in [0.15, 0.2) is 0 Å². The molecule has 1 amide bonds. The molecule has 0 aliphatic carbocycles. The summed E-state index contributed by atoms with van der Waals surface area (Å²) in [5, 5.41) is 1.64. The highest BCUT2D eigenvalue weighted by molar-refractivity contribution is 7.89. The van der Waals surface area contributed by atoms with Crippen LogP contribution in [0, 0.1) is 12.8 Å². The average molecular weight is 553 g/mol. The Hall–Kier alpha value is -2.94. The zero-order chi connectivity index (χ0) is 28.0. The van der Waals surface area contributed by atoms with Gasteiger partial charge in [0.25, 0.3) is 0 Å². The molecule has 0 bridgehead atoms. The number of fused-ring (bicyclic) bond motifs is 1. The van der Waals surface area contributed by atoms with Crippen molar-refractivity contribution in [3.8, 4) is 0 Å². The van der Waals surface area contributed by atoms with Crippen LogP contribution in [-0.4, -0.2) is 50.8 Å². The largest absolute Gasteiger partial charge is 0.444 e. The Morgan fingerprint density at radius 1 is 0.974 bits per heavy atom. The Kier molecular flexibility index (Phi) is 9.31. The summed E-state index contributed by atoms with van der Waals surface area (Å²) in [6, 6.07) is 20.7. The lowest BCUT2D eigenvalue weighted by atomic mass is 9.88. The highest BCUT2D eigenvalue weighted by Crippen LogP contribution is 2.29. The highest BCUT2D eigenvalue weighted by Gasteiger charge is 2.33.